The highest BCUT2D eigenvalue weighted by atomic mass is 19.1. The third-order valence-corrected chi connectivity index (χ3v) is 4.90. The van der Waals surface area contributed by atoms with Crippen LogP contribution in [0.5, 0.6) is 0 Å². The molecule has 1 aromatic rings. The zero-order chi connectivity index (χ0) is 14.6. The van der Waals surface area contributed by atoms with E-state index in [4.69, 9.17) is 5.11 Å². The summed E-state index contributed by atoms with van der Waals surface area (Å²) in [6.45, 7) is 2.15. The van der Waals surface area contributed by atoms with E-state index in [1.54, 1.807) is 0 Å². The summed E-state index contributed by atoms with van der Waals surface area (Å²) in [5.74, 6) is -0.635. The van der Waals surface area contributed by atoms with Crippen molar-refractivity contribution in [3.8, 4) is 0 Å². The van der Waals surface area contributed by atoms with Gasteiger partial charge in [-0.1, -0.05) is 38.3 Å². The molecule has 0 amide bonds. The lowest BCUT2D eigenvalue weighted by Gasteiger charge is -2.43. The van der Waals surface area contributed by atoms with Gasteiger partial charge in [-0.25, -0.2) is 4.39 Å². The Bertz CT molecular complexity index is 447. The van der Waals surface area contributed by atoms with Gasteiger partial charge < -0.3 is 5.11 Å². The summed E-state index contributed by atoms with van der Waals surface area (Å²) in [6.07, 6.45) is 6.66. The SMILES string of the molecule is CC(CCC(=O)O)C1(c2ccc(F)cc2)CCCCC1. The van der Waals surface area contributed by atoms with E-state index in [-0.39, 0.29) is 17.7 Å². The molecule has 1 aromatic carbocycles. The highest BCUT2D eigenvalue weighted by Crippen LogP contribution is 2.46. The quantitative estimate of drug-likeness (QED) is 0.859. The predicted octanol–water partition coefficient (Wildman–Crippen LogP) is 4.53. The van der Waals surface area contributed by atoms with Crippen LogP contribution >= 0.6 is 0 Å². The maximum atomic E-state index is 13.2. The third-order valence-electron chi connectivity index (χ3n) is 4.90. The van der Waals surface area contributed by atoms with Gasteiger partial charge in [0.2, 0.25) is 0 Å². The van der Waals surface area contributed by atoms with Crippen molar-refractivity contribution in [2.24, 2.45) is 5.92 Å². The number of hydrogen-bond acceptors (Lipinski definition) is 1. The van der Waals surface area contributed by atoms with Gasteiger partial charge in [-0.3, -0.25) is 4.79 Å². The summed E-state index contributed by atoms with van der Waals surface area (Å²) in [5, 5.41) is 8.90. The average Bonchev–Trinajstić information content (AvgIpc) is 2.46. The third kappa shape index (κ3) is 3.20. The van der Waals surface area contributed by atoms with Crippen LogP contribution in [0.1, 0.15) is 57.4 Å². The van der Waals surface area contributed by atoms with Crippen LogP contribution < -0.4 is 0 Å². The second kappa shape index (κ2) is 6.38. The van der Waals surface area contributed by atoms with E-state index >= 15 is 0 Å². The Morgan fingerprint density at radius 3 is 2.40 bits per heavy atom. The Balaban J connectivity index is 2.24. The fraction of sp³-hybridized carbons (Fsp3) is 0.588. The molecule has 0 spiro atoms. The molecule has 0 saturated heterocycles. The number of aliphatic carboxylic acids is 1. The Hall–Kier alpha value is -1.38. The van der Waals surface area contributed by atoms with Gasteiger partial charge in [0.15, 0.2) is 0 Å². The number of halogens is 1. The molecule has 0 heterocycles. The van der Waals surface area contributed by atoms with Crippen LogP contribution in [-0.4, -0.2) is 11.1 Å². The fourth-order valence-electron chi connectivity index (χ4n) is 3.65. The first-order valence-corrected chi connectivity index (χ1v) is 7.52. The number of benzene rings is 1. The summed E-state index contributed by atoms with van der Waals surface area (Å²) in [7, 11) is 0. The summed E-state index contributed by atoms with van der Waals surface area (Å²) in [5.41, 5.74) is 1.21. The van der Waals surface area contributed by atoms with E-state index in [9.17, 15) is 9.18 Å². The molecule has 0 bridgehead atoms. The molecule has 3 heteroatoms. The van der Waals surface area contributed by atoms with Crippen molar-refractivity contribution in [2.75, 3.05) is 0 Å². The van der Waals surface area contributed by atoms with Crippen LogP contribution in [0, 0.1) is 11.7 Å². The molecule has 2 rings (SSSR count). The summed E-state index contributed by atoms with van der Waals surface area (Å²) in [4.78, 5) is 10.8. The highest BCUT2D eigenvalue weighted by molar-refractivity contribution is 5.66. The molecule has 0 radical (unpaired) electrons. The minimum Gasteiger partial charge on any atom is -0.481 e. The summed E-state index contributed by atoms with van der Waals surface area (Å²) >= 11 is 0. The van der Waals surface area contributed by atoms with E-state index in [1.807, 2.05) is 12.1 Å². The minimum atomic E-state index is -0.734. The molecule has 20 heavy (non-hydrogen) atoms. The van der Waals surface area contributed by atoms with Crippen molar-refractivity contribution in [1.82, 2.24) is 0 Å². The molecular formula is C17H23FO2. The highest BCUT2D eigenvalue weighted by Gasteiger charge is 2.38. The van der Waals surface area contributed by atoms with E-state index in [1.165, 1.54) is 37.0 Å². The van der Waals surface area contributed by atoms with Crippen molar-refractivity contribution < 1.29 is 14.3 Å². The first kappa shape index (κ1) is 15.0. The average molecular weight is 278 g/mol. The molecule has 1 aliphatic carbocycles. The maximum absolute atomic E-state index is 13.2. The predicted molar refractivity (Wildman–Crippen MR) is 77.2 cm³/mol. The Kier molecular flexibility index (Phi) is 4.79. The van der Waals surface area contributed by atoms with Crippen molar-refractivity contribution in [1.29, 1.82) is 0 Å². The number of hydrogen-bond donors (Lipinski definition) is 1. The number of carbonyl (C=O) groups is 1. The van der Waals surface area contributed by atoms with Crippen LogP contribution in [0.15, 0.2) is 24.3 Å². The van der Waals surface area contributed by atoms with Gasteiger partial charge in [-0.05, 0) is 48.3 Å². The Labute approximate surface area is 120 Å². The smallest absolute Gasteiger partial charge is 0.303 e. The van der Waals surface area contributed by atoms with Gasteiger partial charge >= 0.3 is 5.97 Å². The molecular weight excluding hydrogens is 255 g/mol. The molecule has 1 fully saturated rings. The second-order valence-corrected chi connectivity index (χ2v) is 6.06. The summed E-state index contributed by atoms with van der Waals surface area (Å²) in [6, 6.07) is 6.82. The Morgan fingerprint density at radius 1 is 1.25 bits per heavy atom. The molecule has 1 atom stereocenters. The topological polar surface area (TPSA) is 37.3 Å². The molecule has 0 aliphatic heterocycles. The van der Waals surface area contributed by atoms with Crippen LogP contribution in [0.2, 0.25) is 0 Å². The zero-order valence-electron chi connectivity index (χ0n) is 12.1. The number of carboxylic acids is 1. The fourth-order valence-corrected chi connectivity index (χ4v) is 3.65. The van der Waals surface area contributed by atoms with Gasteiger partial charge in [0.25, 0.3) is 0 Å². The maximum Gasteiger partial charge on any atom is 0.303 e. The molecule has 1 unspecified atom stereocenters. The molecule has 1 N–H and O–H groups in total. The van der Waals surface area contributed by atoms with E-state index in [2.05, 4.69) is 6.92 Å². The van der Waals surface area contributed by atoms with Gasteiger partial charge in [0, 0.05) is 6.42 Å². The second-order valence-electron chi connectivity index (χ2n) is 6.06. The van der Waals surface area contributed by atoms with Crippen molar-refractivity contribution in [2.45, 2.75) is 57.3 Å². The lowest BCUT2D eigenvalue weighted by atomic mass is 9.61. The monoisotopic (exact) mass is 278 g/mol. The standard InChI is InChI=1S/C17H23FO2/c1-13(5-10-16(19)20)17(11-3-2-4-12-17)14-6-8-15(18)9-7-14/h6-9,13H,2-5,10-12H2,1H3,(H,19,20). The van der Waals surface area contributed by atoms with Gasteiger partial charge in [-0.2, -0.15) is 0 Å². The van der Waals surface area contributed by atoms with Crippen molar-refractivity contribution >= 4 is 5.97 Å². The summed E-state index contributed by atoms with van der Waals surface area (Å²) < 4.78 is 13.2. The van der Waals surface area contributed by atoms with E-state index in [0.29, 0.717) is 12.3 Å². The molecule has 2 nitrogen and oxygen atoms in total. The lowest BCUT2D eigenvalue weighted by Crippen LogP contribution is -2.36. The van der Waals surface area contributed by atoms with Gasteiger partial charge in [-0.15, -0.1) is 0 Å². The normalized spacial score (nSPS) is 19.5. The van der Waals surface area contributed by atoms with E-state index in [0.717, 1.165) is 12.8 Å². The largest absolute Gasteiger partial charge is 0.481 e. The van der Waals surface area contributed by atoms with Crippen molar-refractivity contribution in [3.63, 3.8) is 0 Å². The minimum absolute atomic E-state index is 0.0292. The number of carboxylic acid groups (broad SMARTS) is 1. The lowest BCUT2D eigenvalue weighted by molar-refractivity contribution is -0.137. The zero-order valence-corrected chi connectivity index (χ0v) is 12.1. The van der Waals surface area contributed by atoms with Gasteiger partial charge in [0.1, 0.15) is 5.82 Å². The first-order valence-electron chi connectivity index (χ1n) is 7.52. The number of rotatable bonds is 5. The molecule has 1 aliphatic rings. The molecule has 1 saturated carbocycles. The van der Waals surface area contributed by atoms with Crippen LogP contribution in [0.25, 0.3) is 0 Å². The first-order chi connectivity index (χ1) is 9.54. The Morgan fingerprint density at radius 2 is 1.85 bits per heavy atom. The van der Waals surface area contributed by atoms with Crippen molar-refractivity contribution in [3.05, 3.63) is 35.6 Å². The van der Waals surface area contributed by atoms with Gasteiger partial charge in [0.05, 0.1) is 0 Å². The van der Waals surface area contributed by atoms with Crippen LogP contribution in [0.4, 0.5) is 4.39 Å². The molecule has 110 valence electrons. The molecule has 0 aromatic heterocycles. The van der Waals surface area contributed by atoms with Crippen LogP contribution in [0.3, 0.4) is 0 Å². The van der Waals surface area contributed by atoms with E-state index < -0.39 is 5.97 Å². The van der Waals surface area contributed by atoms with Crippen LogP contribution in [-0.2, 0) is 10.2 Å².